The number of amides is 1. The molecule has 2 N–H and O–H groups in total. The first-order valence-electron chi connectivity index (χ1n) is 7.35. The van der Waals surface area contributed by atoms with Crippen LogP contribution < -0.4 is 0 Å². The molecule has 1 fully saturated rings. The van der Waals surface area contributed by atoms with Gasteiger partial charge in [-0.3, -0.25) is 14.7 Å². The number of likely N-dealkylation sites (N-methyl/N-ethyl adjacent to an activating group) is 1. The molecular formula is C15H19N5O2. The van der Waals surface area contributed by atoms with E-state index in [0.717, 1.165) is 18.9 Å². The second kappa shape index (κ2) is 6.15. The summed E-state index contributed by atoms with van der Waals surface area (Å²) in [4.78, 5) is 28.0. The van der Waals surface area contributed by atoms with E-state index in [0.29, 0.717) is 18.7 Å². The van der Waals surface area contributed by atoms with E-state index in [1.165, 1.54) is 18.5 Å². The second-order valence-electron chi connectivity index (χ2n) is 5.30. The van der Waals surface area contributed by atoms with Crippen molar-refractivity contribution in [3.63, 3.8) is 0 Å². The standard InChI is InChI=1S/C15H19N5O2/c1-2-19-5-6-20(10-13(19)14-17-3-4-18-14)15(22)11-7-12(21)9-16-8-11/h3-4,7-9,13,21H,2,5-6,10H2,1H3,(H,17,18)/t13-/m1/s1. The van der Waals surface area contributed by atoms with E-state index in [-0.39, 0.29) is 17.7 Å². The van der Waals surface area contributed by atoms with Gasteiger partial charge in [-0.05, 0) is 12.6 Å². The molecule has 0 radical (unpaired) electrons. The highest BCUT2D eigenvalue weighted by Crippen LogP contribution is 2.24. The summed E-state index contributed by atoms with van der Waals surface area (Å²) in [6.07, 6.45) is 6.32. The molecule has 0 saturated carbocycles. The Morgan fingerprint density at radius 3 is 3.00 bits per heavy atom. The van der Waals surface area contributed by atoms with Gasteiger partial charge in [0.1, 0.15) is 11.6 Å². The zero-order valence-electron chi connectivity index (χ0n) is 12.4. The fourth-order valence-electron chi connectivity index (χ4n) is 2.83. The summed E-state index contributed by atoms with van der Waals surface area (Å²) in [6, 6.07) is 1.51. The number of aromatic hydroxyl groups is 1. The fourth-order valence-corrected chi connectivity index (χ4v) is 2.83. The van der Waals surface area contributed by atoms with Crippen molar-refractivity contribution in [1.29, 1.82) is 0 Å². The molecule has 7 nitrogen and oxygen atoms in total. The molecule has 0 aliphatic carbocycles. The Kier molecular flexibility index (Phi) is 4.06. The summed E-state index contributed by atoms with van der Waals surface area (Å²) in [6.45, 7) is 5.02. The van der Waals surface area contributed by atoms with Gasteiger partial charge in [0.25, 0.3) is 5.91 Å². The van der Waals surface area contributed by atoms with Gasteiger partial charge in [-0.25, -0.2) is 4.98 Å². The van der Waals surface area contributed by atoms with Crippen LogP contribution in [-0.4, -0.2) is 61.9 Å². The Morgan fingerprint density at radius 2 is 2.32 bits per heavy atom. The lowest BCUT2D eigenvalue weighted by Gasteiger charge is -2.40. The largest absolute Gasteiger partial charge is 0.506 e. The van der Waals surface area contributed by atoms with Crippen LogP contribution in [0.15, 0.2) is 30.9 Å². The number of pyridine rings is 1. The number of piperazine rings is 1. The minimum Gasteiger partial charge on any atom is -0.506 e. The maximum Gasteiger partial charge on any atom is 0.255 e. The van der Waals surface area contributed by atoms with Gasteiger partial charge in [-0.1, -0.05) is 6.92 Å². The highest BCUT2D eigenvalue weighted by molar-refractivity contribution is 5.94. The third-order valence-electron chi connectivity index (χ3n) is 3.99. The van der Waals surface area contributed by atoms with E-state index in [4.69, 9.17) is 0 Å². The Morgan fingerprint density at radius 1 is 1.45 bits per heavy atom. The van der Waals surface area contributed by atoms with E-state index in [2.05, 4.69) is 26.8 Å². The molecular weight excluding hydrogens is 282 g/mol. The first kappa shape index (κ1) is 14.5. The lowest BCUT2D eigenvalue weighted by molar-refractivity contribution is 0.0479. The number of hydrogen-bond acceptors (Lipinski definition) is 5. The summed E-state index contributed by atoms with van der Waals surface area (Å²) in [5, 5.41) is 9.49. The smallest absolute Gasteiger partial charge is 0.255 e. The molecule has 1 atom stereocenters. The number of carbonyl (C=O) groups is 1. The molecule has 7 heteroatoms. The normalized spacial score (nSPS) is 19.3. The van der Waals surface area contributed by atoms with Gasteiger partial charge in [0.15, 0.2) is 0 Å². The van der Waals surface area contributed by atoms with E-state index >= 15 is 0 Å². The number of nitrogens with one attached hydrogen (secondary N) is 1. The Bertz CT molecular complexity index is 643. The number of H-pyrrole nitrogens is 1. The van der Waals surface area contributed by atoms with Crippen molar-refractivity contribution in [1.82, 2.24) is 24.8 Å². The molecule has 2 aromatic heterocycles. The Balaban J connectivity index is 1.79. The van der Waals surface area contributed by atoms with E-state index < -0.39 is 0 Å². The number of rotatable bonds is 3. The van der Waals surface area contributed by atoms with Crippen LogP contribution in [0.25, 0.3) is 0 Å². The van der Waals surface area contributed by atoms with Crippen LogP contribution in [0.1, 0.15) is 29.1 Å². The van der Waals surface area contributed by atoms with Gasteiger partial charge in [0.2, 0.25) is 0 Å². The summed E-state index contributed by atoms with van der Waals surface area (Å²) < 4.78 is 0. The first-order chi connectivity index (χ1) is 10.7. The van der Waals surface area contributed by atoms with Gasteiger partial charge < -0.3 is 15.0 Å². The zero-order chi connectivity index (χ0) is 15.5. The number of hydrogen-bond donors (Lipinski definition) is 2. The number of imidazole rings is 1. The first-order valence-corrected chi connectivity index (χ1v) is 7.35. The summed E-state index contributed by atoms with van der Waals surface area (Å²) in [5.74, 6) is 0.754. The Labute approximate surface area is 128 Å². The van der Waals surface area contributed by atoms with Gasteiger partial charge in [-0.2, -0.15) is 0 Å². The highest BCUT2D eigenvalue weighted by Gasteiger charge is 2.31. The minimum absolute atomic E-state index is 0.000582. The molecule has 0 unspecified atom stereocenters. The lowest BCUT2D eigenvalue weighted by Crippen LogP contribution is -2.50. The number of aromatic nitrogens is 3. The molecule has 0 aromatic carbocycles. The summed E-state index contributed by atoms with van der Waals surface area (Å²) >= 11 is 0. The summed E-state index contributed by atoms with van der Waals surface area (Å²) in [7, 11) is 0. The van der Waals surface area contributed by atoms with Crippen LogP contribution in [0.3, 0.4) is 0 Å². The quantitative estimate of drug-likeness (QED) is 0.884. The van der Waals surface area contributed by atoms with Crippen molar-refractivity contribution in [2.45, 2.75) is 13.0 Å². The monoisotopic (exact) mass is 301 g/mol. The molecule has 1 aliphatic heterocycles. The molecule has 3 rings (SSSR count). The lowest BCUT2D eigenvalue weighted by atomic mass is 10.1. The van der Waals surface area contributed by atoms with Crippen LogP contribution in [0.4, 0.5) is 0 Å². The predicted octanol–water partition coefficient (Wildman–Crippen LogP) is 1.03. The molecule has 1 aliphatic rings. The van der Waals surface area contributed by atoms with E-state index in [1.54, 1.807) is 17.3 Å². The van der Waals surface area contributed by atoms with Crippen molar-refractivity contribution in [3.8, 4) is 5.75 Å². The van der Waals surface area contributed by atoms with Crippen LogP contribution in [0.2, 0.25) is 0 Å². The van der Waals surface area contributed by atoms with Crippen molar-refractivity contribution in [2.24, 2.45) is 0 Å². The number of nitrogens with zero attached hydrogens (tertiary/aromatic N) is 4. The second-order valence-corrected chi connectivity index (χ2v) is 5.30. The average Bonchev–Trinajstić information content (AvgIpc) is 3.08. The van der Waals surface area contributed by atoms with Crippen LogP contribution >= 0.6 is 0 Å². The van der Waals surface area contributed by atoms with Crippen molar-refractivity contribution < 1.29 is 9.90 Å². The maximum absolute atomic E-state index is 12.6. The van der Waals surface area contributed by atoms with Crippen LogP contribution in [0, 0.1) is 0 Å². The number of carbonyl (C=O) groups excluding carboxylic acids is 1. The summed E-state index contributed by atoms with van der Waals surface area (Å²) in [5.41, 5.74) is 0.406. The average molecular weight is 301 g/mol. The van der Waals surface area contributed by atoms with Crippen molar-refractivity contribution in [3.05, 3.63) is 42.2 Å². The van der Waals surface area contributed by atoms with Crippen molar-refractivity contribution in [2.75, 3.05) is 26.2 Å². The molecule has 1 amide bonds. The number of aromatic amines is 1. The topological polar surface area (TPSA) is 85.3 Å². The molecule has 1 saturated heterocycles. The molecule has 3 heterocycles. The fraction of sp³-hybridized carbons (Fsp3) is 0.400. The SMILES string of the molecule is CCN1CCN(C(=O)c2cncc(O)c2)C[C@@H]1c1ncc[nH]1. The van der Waals surface area contributed by atoms with E-state index in [1.807, 2.05) is 0 Å². The van der Waals surface area contributed by atoms with Crippen LogP contribution in [-0.2, 0) is 0 Å². The maximum atomic E-state index is 12.6. The molecule has 0 bridgehead atoms. The van der Waals surface area contributed by atoms with Crippen LogP contribution in [0.5, 0.6) is 5.75 Å². The van der Waals surface area contributed by atoms with E-state index in [9.17, 15) is 9.90 Å². The van der Waals surface area contributed by atoms with Gasteiger partial charge in [0, 0.05) is 38.2 Å². The predicted molar refractivity (Wildman–Crippen MR) is 80.4 cm³/mol. The molecule has 0 spiro atoms. The van der Waals surface area contributed by atoms with Gasteiger partial charge in [0.05, 0.1) is 17.8 Å². The Hall–Kier alpha value is -2.41. The molecule has 22 heavy (non-hydrogen) atoms. The highest BCUT2D eigenvalue weighted by atomic mass is 16.3. The molecule has 2 aromatic rings. The van der Waals surface area contributed by atoms with Gasteiger partial charge >= 0.3 is 0 Å². The van der Waals surface area contributed by atoms with Crippen molar-refractivity contribution >= 4 is 5.91 Å². The zero-order valence-corrected chi connectivity index (χ0v) is 12.4. The third-order valence-corrected chi connectivity index (χ3v) is 3.99. The minimum atomic E-state index is -0.115. The molecule has 116 valence electrons. The van der Waals surface area contributed by atoms with Gasteiger partial charge in [-0.15, -0.1) is 0 Å². The third kappa shape index (κ3) is 2.80.